The van der Waals surface area contributed by atoms with E-state index in [0.717, 1.165) is 0 Å². The lowest BCUT2D eigenvalue weighted by atomic mass is 10.2. The van der Waals surface area contributed by atoms with E-state index in [1.165, 1.54) is 0 Å². The molecule has 0 heterocycles. The van der Waals surface area contributed by atoms with Crippen molar-refractivity contribution in [3.05, 3.63) is 35.9 Å². The Bertz CT molecular complexity index is 453. The quantitative estimate of drug-likeness (QED) is 0.869. The van der Waals surface area contributed by atoms with Gasteiger partial charge in [0.15, 0.2) is 0 Å². The zero-order valence-corrected chi connectivity index (χ0v) is 10.1. The summed E-state index contributed by atoms with van der Waals surface area (Å²) in [6.45, 7) is 3.33. The van der Waals surface area contributed by atoms with Crippen LogP contribution in [0.3, 0.4) is 0 Å². The Morgan fingerprint density at radius 1 is 1.31 bits per heavy atom. The molecule has 0 aromatic heterocycles. The molecule has 0 unspecified atom stereocenters. The fourth-order valence-corrected chi connectivity index (χ4v) is 2.11. The van der Waals surface area contributed by atoms with Gasteiger partial charge in [0, 0.05) is 5.56 Å². The Kier molecular flexibility index (Phi) is 4.06. The standard InChI is InChI=1S/C11H15NO3S/c1-3-9(2)16(14,15)12-11(13)10-7-5-4-6-8-10/h4-9H,3H2,1-2H3,(H,12,13)/t9-/m0/s1. The van der Waals surface area contributed by atoms with Gasteiger partial charge in [-0.1, -0.05) is 25.1 Å². The number of amides is 1. The lowest BCUT2D eigenvalue weighted by molar-refractivity contribution is 0.0981. The molecule has 0 aliphatic carbocycles. The maximum Gasteiger partial charge on any atom is 0.264 e. The van der Waals surface area contributed by atoms with Gasteiger partial charge in [0.25, 0.3) is 5.91 Å². The molecule has 1 rings (SSSR count). The van der Waals surface area contributed by atoms with Gasteiger partial charge < -0.3 is 0 Å². The largest absolute Gasteiger partial charge is 0.268 e. The summed E-state index contributed by atoms with van der Waals surface area (Å²) < 4.78 is 25.3. The van der Waals surface area contributed by atoms with Gasteiger partial charge in [-0.2, -0.15) is 0 Å². The molecule has 1 atom stereocenters. The Morgan fingerprint density at radius 3 is 2.38 bits per heavy atom. The van der Waals surface area contributed by atoms with E-state index in [1.807, 2.05) is 0 Å². The zero-order valence-electron chi connectivity index (χ0n) is 9.30. The van der Waals surface area contributed by atoms with Crippen molar-refractivity contribution >= 4 is 15.9 Å². The van der Waals surface area contributed by atoms with Crippen LogP contribution in [0.2, 0.25) is 0 Å². The van der Waals surface area contributed by atoms with Gasteiger partial charge >= 0.3 is 0 Å². The van der Waals surface area contributed by atoms with Crippen molar-refractivity contribution in [1.29, 1.82) is 0 Å². The number of benzene rings is 1. The topological polar surface area (TPSA) is 63.2 Å². The molecule has 0 aliphatic rings. The molecule has 1 aromatic carbocycles. The highest BCUT2D eigenvalue weighted by Gasteiger charge is 2.21. The van der Waals surface area contributed by atoms with Crippen molar-refractivity contribution in [1.82, 2.24) is 4.72 Å². The Balaban J connectivity index is 2.80. The molecule has 1 N–H and O–H groups in total. The SMILES string of the molecule is CC[C@H](C)S(=O)(=O)NC(=O)c1ccccc1. The van der Waals surface area contributed by atoms with Crippen LogP contribution in [-0.4, -0.2) is 19.6 Å². The molecule has 1 aromatic rings. The van der Waals surface area contributed by atoms with E-state index in [9.17, 15) is 13.2 Å². The van der Waals surface area contributed by atoms with E-state index in [-0.39, 0.29) is 0 Å². The van der Waals surface area contributed by atoms with Gasteiger partial charge in [0.1, 0.15) is 0 Å². The minimum absolute atomic E-state index is 0.342. The number of rotatable bonds is 4. The van der Waals surface area contributed by atoms with E-state index in [4.69, 9.17) is 0 Å². The molecule has 0 spiro atoms. The average molecular weight is 241 g/mol. The van der Waals surface area contributed by atoms with Gasteiger partial charge in [0.05, 0.1) is 5.25 Å². The summed E-state index contributed by atoms with van der Waals surface area (Å²) in [6.07, 6.45) is 0.470. The van der Waals surface area contributed by atoms with Crippen LogP contribution >= 0.6 is 0 Å². The first-order valence-corrected chi connectivity index (χ1v) is 6.63. The molecule has 88 valence electrons. The lowest BCUT2D eigenvalue weighted by Crippen LogP contribution is -2.36. The van der Waals surface area contributed by atoms with E-state index in [1.54, 1.807) is 44.2 Å². The van der Waals surface area contributed by atoms with Gasteiger partial charge in [-0.15, -0.1) is 0 Å². The first-order chi connectivity index (χ1) is 7.47. The van der Waals surface area contributed by atoms with Crippen molar-refractivity contribution in [2.24, 2.45) is 0 Å². The van der Waals surface area contributed by atoms with Gasteiger partial charge in [-0.25, -0.2) is 13.1 Å². The first-order valence-electron chi connectivity index (χ1n) is 5.08. The maximum atomic E-state index is 11.6. The second kappa shape index (κ2) is 5.12. The van der Waals surface area contributed by atoms with Crippen molar-refractivity contribution in [2.75, 3.05) is 0 Å². The molecule has 0 bridgehead atoms. The molecular formula is C11H15NO3S. The zero-order chi connectivity index (χ0) is 12.2. The number of nitrogens with one attached hydrogen (secondary N) is 1. The van der Waals surface area contributed by atoms with Crippen molar-refractivity contribution in [3.63, 3.8) is 0 Å². The highest BCUT2D eigenvalue weighted by atomic mass is 32.2. The van der Waals surface area contributed by atoms with Gasteiger partial charge in [0.2, 0.25) is 10.0 Å². The minimum atomic E-state index is -3.56. The number of carbonyl (C=O) groups excluding carboxylic acids is 1. The van der Waals surface area contributed by atoms with E-state index < -0.39 is 21.2 Å². The second-order valence-electron chi connectivity index (χ2n) is 3.56. The molecule has 16 heavy (non-hydrogen) atoms. The third-order valence-corrected chi connectivity index (χ3v) is 4.24. The summed E-state index contributed by atoms with van der Waals surface area (Å²) in [5.74, 6) is -0.583. The number of hydrogen-bond acceptors (Lipinski definition) is 3. The fourth-order valence-electron chi connectivity index (χ4n) is 1.10. The van der Waals surface area contributed by atoms with Crippen LogP contribution in [0.25, 0.3) is 0 Å². The molecule has 4 nitrogen and oxygen atoms in total. The summed E-state index contributed by atoms with van der Waals surface area (Å²) >= 11 is 0. The number of sulfonamides is 1. The van der Waals surface area contributed by atoms with Crippen molar-refractivity contribution in [3.8, 4) is 0 Å². The summed E-state index contributed by atoms with van der Waals surface area (Å²) in [4.78, 5) is 11.6. The Labute approximate surface area is 95.7 Å². The molecule has 0 saturated carbocycles. The summed E-state index contributed by atoms with van der Waals surface area (Å²) in [5.41, 5.74) is 0.342. The fraction of sp³-hybridized carbons (Fsp3) is 0.364. The summed E-state index contributed by atoms with van der Waals surface area (Å²) in [5, 5.41) is -0.569. The third kappa shape index (κ3) is 3.06. The van der Waals surface area contributed by atoms with Crippen LogP contribution in [0, 0.1) is 0 Å². The first kappa shape index (κ1) is 12.7. The molecule has 1 amide bonds. The minimum Gasteiger partial charge on any atom is -0.268 e. The third-order valence-electron chi connectivity index (χ3n) is 2.38. The lowest BCUT2D eigenvalue weighted by Gasteiger charge is -2.11. The predicted molar refractivity (Wildman–Crippen MR) is 62.6 cm³/mol. The van der Waals surface area contributed by atoms with Crippen LogP contribution in [0.5, 0.6) is 0 Å². The van der Waals surface area contributed by atoms with Crippen LogP contribution in [-0.2, 0) is 10.0 Å². The summed E-state index contributed by atoms with van der Waals surface area (Å²) in [7, 11) is -3.56. The molecule has 0 aliphatic heterocycles. The van der Waals surface area contributed by atoms with E-state index >= 15 is 0 Å². The van der Waals surface area contributed by atoms with E-state index in [0.29, 0.717) is 12.0 Å². The molecule has 0 saturated heterocycles. The normalized spacial score (nSPS) is 13.1. The van der Waals surface area contributed by atoms with Crippen LogP contribution < -0.4 is 4.72 Å². The van der Waals surface area contributed by atoms with Gasteiger partial charge in [-0.05, 0) is 25.5 Å². The molecular weight excluding hydrogens is 226 g/mol. The summed E-state index contributed by atoms with van der Waals surface area (Å²) in [6, 6.07) is 8.28. The molecule has 5 heteroatoms. The Morgan fingerprint density at radius 2 is 1.88 bits per heavy atom. The highest BCUT2D eigenvalue weighted by Crippen LogP contribution is 2.05. The maximum absolute atomic E-state index is 11.6. The van der Waals surface area contributed by atoms with E-state index in [2.05, 4.69) is 4.72 Å². The van der Waals surface area contributed by atoms with Crippen LogP contribution in [0.1, 0.15) is 30.6 Å². The Hall–Kier alpha value is -1.36. The van der Waals surface area contributed by atoms with Crippen molar-refractivity contribution in [2.45, 2.75) is 25.5 Å². The van der Waals surface area contributed by atoms with Crippen LogP contribution in [0.4, 0.5) is 0 Å². The molecule has 0 radical (unpaired) electrons. The molecule has 0 fully saturated rings. The monoisotopic (exact) mass is 241 g/mol. The van der Waals surface area contributed by atoms with Crippen molar-refractivity contribution < 1.29 is 13.2 Å². The smallest absolute Gasteiger partial charge is 0.264 e. The average Bonchev–Trinajstić information content (AvgIpc) is 2.28. The second-order valence-corrected chi connectivity index (χ2v) is 5.66. The van der Waals surface area contributed by atoms with Gasteiger partial charge in [-0.3, -0.25) is 4.79 Å². The highest BCUT2D eigenvalue weighted by molar-refractivity contribution is 7.90. The van der Waals surface area contributed by atoms with Crippen LogP contribution in [0.15, 0.2) is 30.3 Å². The number of carbonyl (C=O) groups is 1. The predicted octanol–water partition coefficient (Wildman–Crippen LogP) is 1.54. The number of hydrogen-bond donors (Lipinski definition) is 1.